The molecule has 0 radical (unpaired) electrons. The fraction of sp³-hybridized carbons (Fsp3) is 0.409. The van der Waals surface area contributed by atoms with Crippen molar-refractivity contribution in [1.29, 1.82) is 0 Å². The molecule has 2 aromatic rings. The first-order valence-corrected chi connectivity index (χ1v) is 11.4. The molecule has 0 aromatic heterocycles. The maximum Gasteiger partial charge on any atom is 0.246 e. The molecular formula is C22H26F2N2O4S. The van der Waals surface area contributed by atoms with Crippen LogP contribution in [0.1, 0.15) is 39.2 Å². The Hall–Kier alpha value is -2.52. The van der Waals surface area contributed by atoms with E-state index in [4.69, 9.17) is 0 Å². The molecule has 0 saturated carbocycles. The van der Waals surface area contributed by atoms with Crippen molar-refractivity contribution < 1.29 is 27.1 Å². The van der Waals surface area contributed by atoms with Crippen LogP contribution in [0.15, 0.2) is 41.3 Å². The lowest BCUT2D eigenvalue weighted by atomic mass is 9.86. The maximum absolute atomic E-state index is 14.0. The summed E-state index contributed by atoms with van der Waals surface area (Å²) in [7, 11) is -4.21. The van der Waals surface area contributed by atoms with Crippen LogP contribution in [0.3, 0.4) is 0 Å². The Bertz CT molecular complexity index is 1090. The molecule has 0 aliphatic carbocycles. The molecule has 2 N–H and O–H groups in total. The Morgan fingerprint density at radius 2 is 1.74 bits per heavy atom. The topological polar surface area (TPSA) is 86.7 Å². The Balaban J connectivity index is 1.69. The number of aromatic hydroxyl groups is 1. The van der Waals surface area contributed by atoms with E-state index >= 15 is 0 Å². The number of benzene rings is 2. The van der Waals surface area contributed by atoms with Crippen LogP contribution < -0.4 is 5.32 Å². The summed E-state index contributed by atoms with van der Waals surface area (Å²) in [5, 5.41) is 12.8. The molecule has 168 valence electrons. The number of hydrogen-bond acceptors (Lipinski definition) is 4. The van der Waals surface area contributed by atoms with Crippen molar-refractivity contribution in [2.24, 2.45) is 5.92 Å². The molecule has 1 fully saturated rings. The summed E-state index contributed by atoms with van der Waals surface area (Å²) in [6.45, 7) is 6.06. The molecule has 31 heavy (non-hydrogen) atoms. The van der Waals surface area contributed by atoms with E-state index in [1.165, 1.54) is 6.07 Å². The number of carbonyl (C=O) groups excluding carboxylic acids is 1. The van der Waals surface area contributed by atoms with Gasteiger partial charge in [-0.15, -0.1) is 0 Å². The Morgan fingerprint density at radius 1 is 1.10 bits per heavy atom. The van der Waals surface area contributed by atoms with E-state index in [2.05, 4.69) is 5.32 Å². The highest BCUT2D eigenvalue weighted by atomic mass is 32.2. The van der Waals surface area contributed by atoms with Crippen molar-refractivity contribution in [2.75, 3.05) is 18.4 Å². The summed E-state index contributed by atoms with van der Waals surface area (Å²) < 4.78 is 53.8. The van der Waals surface area contributed by atoms with E-state index in [0.717, 1.165) is 22.0 Å². The van der Waals surface area contributed by atoms with Crippen LogP contribution in [0.25, 0.3) is 0 Å². The zero-order valence-electron chi connectivity index (χ0n) is 17.7. The molecule has 1 saturated heterocycles. The first kappa shape index (κ1) is 23.1. The number of rotatable bonds is 4. The van der Waals surface area contributed by atoms with Crippen LogP contribution in [0.5, 0.6) is 5.75 Å². The third kappa shape index (κ3) is 5.04. The zero-order valence-corrected chi connectivity index (χ0v) is 18.5. The van der Waals surface area contributed by atoms with Gasteiger partial charge in [-0.3, -0.25) is 4.79 Å². The molecule has 1 amide bonds. The number of nitrogens with zero attached hydrogens (tertiary/aromatic N) is 1. The van der Waals surface area contributed by atoms with E-state index in [1.54, 1.807) is 12.1 Å². The minimum absolute atomic E-state index is 0.00435. The summed E-state index contributed by atoms with van der Waals surface area (Å²) in [6, 6.07) is 7.34. The molecule has 0 unspecified atom stereocenters. The molecule has 9 heteroatoms. The van der Waals surface area contributed by atoms with Crippen LogP contribution in [-0.2, 0) is 20.2 Å². The van der Waals surface area contributed by atoms with E-state index < -0.39 is 32.5 Å². The van der Waals surface area contributed by atoms with Gasteiger partial charge >= 0.3 is 0 Å². The SMILES string of the molecule is CC(C)(C)c1ccc(O)c(NC(=O)C2CCN(S(=O)(=O)c3cc(F)ccc3F)CC2)c1. The third-order valence-electron chi connectivity index (χ3n) is 5.46. The number of halogens is 2. The van der Waals surface area contributed by atoms with Gasteiger partial charge in [-0.25, -0.2) is 17.2 Å². The van der Waals surface area contributed by atoms with Gasteiger partial charge in [0.15, 0.2) is 0 Å². The number of phenols is 1. The average Bonchev–Trinajstić information content (AvgIpc) is 2.70. The van der Waals surface area contributed by atoms with Crippen molar-refractivity contribution in [3.8, 4) is 5.75 Å². The molecule has 1 aliphatic rings. The number of carbonyl (C=O) groups is 1. The van der Waals surface area contributed by atoms with Crippen molar-refractivity contribution in [2.45, 2.75) is 43.9 Å². The number of nitrogens with one attached hydrogen (secondary N) is 1. The molecule has 3 rings (SSSR count). The predicted molar refractivity (Wildman–Crippen MR) is 113 cm³/mol. The van der Waals surface area contributed by atoms with Gasteiger partial charge in [-0.05, 0) is 54.2 Å². The fourth-order valence-corrected chi connectivity index (χ4v) is 5.06. The van der Waals surface area contributed by atoms with Crippen LogP contribution in [-0.4, -0.2) is 36.8 Å². The summed E-state index contributed by atoms with van der Waals surface area (Å²) in [5.74, 6) is -2.71. The number of sulfonamides is 1. The summed E-state index contributed by atoms with van der Waals surface area (Å²) in [6.07, 6.45) is 0.448. The van der Waals surface area contributed by atoms with E-state index in [-0.39, 0.29) is 43.0 Å². The molecule has 0 atom stereocenters. The first-order valence-electron chi connectivity index (χ1n) is 9.99. The quantitative estimate of drug-likeness (QED) is 0.687. The van der Waals surface area contributed by atoms with E-state index in [0.29, 0.717) is 11.8 Å². The minimum atomic E-state index is -4.21. The van der Waals surface area contributed by atoms with Crippen LogP contribution in [0.2, 0.25) is 0 Å². The molecule has 6 nitrogen and oxygen atoms in total. The highest BCUT2D eigenvalue weighted by molar-refractivity contribution is 7.89. The van der Waals surface area contributed by atoms with Crippen LogP contribution in [0, 0.1) is 17.6 Å². The van der Waals surface area contributed by atoms with Gasteiger partial charge in [0.05, 0.1) is 5.69 Å². The summed E-state index contributed by atoms with van der Waals surface area (Å²) in [5.41, 5.74) is 1.08. The van der Waals surface area contributed by atoms with Crippen molar-refractivity contribution in [3.05, 3.63) is 53.6 Å². The molecule has 1 heterocycles. The van der Waals surface area contributed by atoms with Gasteiger partial charge in [-0.2, -0.15) is 4.31 Å². The second kappa shape index (κ2) is 8.55. The number of piperidine rings is 1. The van der Waals surface area contributed by atoms with Crippen LogP contribution >= 0.6 is 0 Å². The number of hydrogen-bond donors (Lipinski definition) is 2. The third-order valence-corrected chi connectivity index (χ3v) is 7.37. The maximum atomic E-state index is 14.0. The lowest BCUT2D eigenvalue weighted by Gasteiger charge is -2.30. The molecule has 2 aromatic carbocycles. The van der Waals surface area contributed by atoms with Crippen LogP contribution in [0.4, 0.5) is 14.5 Å². The first-order chi connectivity index (χ1) is 14.4. The predicted octanol–water partition coefficient (Wildman–Crippen LogP) is 4.01. The molecular weight excluding hydrogens is 426 g/mol. The Labute approximate surface area is 180 Å². The lowest BCUT2D eigenvalue weighted by molar-refractivity contribution is -0.120. The van der Waals surface area contributed by atoms with Gasteiger partial charge in [0.25, 0.3) is 0 Å². The van der Waals surface area contributed by atoms with E-state index in [1.807, 2.05) is 20.8 Å². The highest BCUT2D eigenvalue weighted by Gasteiger charge is 2.34. The van der Waals surface area contributed by atoms with Crippen molar-refractivity contribution in [1.82, 2.24) is 4.31 Å². The minimum Gasteiger partial charge on any atom is -0.506 e. The Morgan fingerprint density at radius 3 is 2.35 bits per heavy atom. The Kier molecular flexibility index (Phi) is 6.38. The fourth-order valence-electron chi connectivity index (χ4n) is 3.51. The standard InChI is InChI=1S/C22H26F2N2O4S/c1-22(2,3)15-4-7-19(27)18(12-15)25-21(28)14-8-10-26(11-9-14)31(29,30)20-13-16(23)5-6-17(20)24/h4-7,12-14,27H,8-11H2,1-3H3,(H,25,28). The van der Waals surface area contributed by atoms with Crippen molar-refractivity contribution in [3.63, 3.8) is 0 Å². The van der Waals surface area contributed by atoms with Gasteiger partial charge in [0.1, 0.15) is 22.3 Å². The molecule has 0 bridgehead atoms. The van der Waals surface area contributed by atoms with Crippen molar-refractivity contribution >= 4 is 21.6 Å². The normalized spacial score (nSPS) is 16.3. The zero-order chi connectivity index (χ0) is 23.0. The van der Waals surface area contributed by atoms with Gasteiger partial charge in [-0.1, -0.05) is 26.8 Å². The summed E-state index contributed by atoms with van der Waals surface area (Å²) >= 11 is 0. The number of phenolic OH excluding ortho intramolecular Hbond substituents is 1. The van der Waals surface area contributed by atoms with Gasteiger partial charge in [0.2, 0.25) is 15.9 Å². The van der Waals surface area contributed by atoms with Gasteiger partial charge in [0, 0.05) is 19.0 Å². The monoisotopic (exact) mass is 452 g/mol. The smallest absolute Gasteiger partial charge is 0.246 e. The largest absolute Gasteiger partial charge is 0.506 e. The second-order valence-electron chi connectivity index (χ2n) is 8.72. The average molecular weight is 453 g/mol. The summed E-state index contributed by atoms with van der Waals surface area (Å²) in [4.78, 5) is 12.0. The van der Waals surface area contributed by atoms with E-state index in [9.17, 15) is 27.1 Å². The number of anilines is 1. The second-order valence-corrected chi connectivity index (χ2v) is 10.6. The lowest BCUT2D eigenvalue weighted by Crippen LogP contribution is -2.41. The molecule has 1 aliphatic heterocycles. The molecule has 0 spiro atoms. The number of amides is 1. The highest BCUT2D eigenvalue weighted by Crippen LogP contribution is 2.32. The van der Waals surface area contributed by atoms with Gasteiger partial charge < -0.3 is 10.4 Å².